The Kier molecular flexibility index (Phi) is 179. The Bertz CT molecular complexity index is 43.3. The van der Waals surface area contributed by atoms with Gasteiger partial charge in [0.1, 0.15) is 0 Å². The van der Waals surface area contributed by atoms with Crippen molar-refractivity contribution in [2.24, 2.45) is 0 Å². The van der Waals surface area contributed by atoms with Gasteiger partial charge in [-0.2, -0.15) is 0 Å². The molecule has 0 saturated heterocycles. The summed E-state index contributed by atoms with van der Waals surface area (Å²) >= 11 is 0. The van der Waals surface area contributed by atoms with Gasteiger partial charge in [-0.25, -0.2) is 0 Å². The maximum Gasteiger partial charge on any atom is 2.00 e. The van der Waals surface area contributed by atoms with Gasteiger partial charge in [0.05, 0.1) is 0 Å². The molecule has 0 heterocycles. The van der Waals surface area contributed by atoms with Crippen LogP contribution in [0, 0.1) is 0 Å². The van der Waals surface area contributed by atoms with Crippen LogP contribution in [0.2, 0.25) is 0 Å². The van der Waals surface area contributed by atoms with Crippen LogP contribution in [0.1, 0.15) is 2.85 Å². The molecule has 0 atom stereocenters. The van der Waals surface area contributed by atoms with Gasteiger partial charge in [0.15, 0.2) is 0 Å². The van der Waals surface area contributed by atoms with E-state index in [0.717, 1.165) is 0 Å². The van der Waals surface area contributed by atoms with Crippen LogP contribution in [0.3, 0.4) is 0 Å². The average Bonchev–Trinajstić information content (AvgIpc) is 0.722. The first-order chi connectivity index (χ1) is 2.00. The summed E-state index contributed by atoms with van der Waals surface area (Å²) in [6.07, 6.45) is 0. The van der Waals surface area contributed by atoms with E-state index < -0.39 is 9.05 Å². The quantitative estimate of drug-likeness (QED) is 0.304. The zero-order chi connectivity index (χ0) is 4.50. The van der Waals surface area contributed by atoms with E-state index in [2.05, 4.69) is 0 Å². The predicted molar refractivity (Wildman–Crippen MR) is 37.6 cm³/mol. The van der Waals surface area contributed by atoms with Gasteiger partial charge in [-0.05, 0) is 0 Å². The van der Waals surface area contributed by atoms with Gasteiger partial charge in [0.25, 0.3) is 0 Å². The smallest absolute Gasteiger partial charge is 1.00 e. The van der Waals surface area contributed by atoms with Gasteiger partial charge >= 0.3 is 57.9 Å². The average molecular weight is 355 g/mol. The van der Waals surface area contributed by atoms with Crippen molar-refractivity contribution in [1.82, 2.24) is 0 Å². The van der Waals surface area contributed by atoms with E-state index in [0.29, 0.717) is 0 Å². The Morgan fingerprint density at radius 3 is 0.583 bits per heavy atom. The van der Waals surface area contributed by atoms with Crippen molar-refractivity contribution in [3.8, 4) is 0 Å². The molecule has 12 heavy (non-hydrogen) atoms. The largest absolute Gasteiger partial charge is 2.00 e. The Labute approximate surface area is 107 Å². The normalized spacial score (nSPS) is 5.00. The number of hydrogen-bond donors (Lipinski definition) is 4. The summed E-state index contributed by atoms with van der Waals surface area (Å²) in [6.45, 7) is 0. The topological polar surface area (TPSA) is 80.9 Å². The molecular weight excluding hydrogens is 343 g/mol. The standard InChI is InChI=1S/Ba.6FH.H4O4Si.2H/c;;;;;;;1-5(2,3)4;;/h;6*1H;1-4H;;/q+2;;;;;;;;2*-1. The van der Waals surface area contributed by atoms with Crippen LogP contribution in [0.4, 0.5) is 28.2 Å². The van der Waals surface area contributed by atoms with E-state index in [1.54, 1.807) is 0 Å². The molecule has 12 heteroatoms. The third-order valence-corrected chi connectivity index (χ3v) is 0. The van der Waals surface area contributed by atoms with Crippen LogP contribution in [0.15, 0.2) is 0 Å². The van der Waals surface area contributed by atoms with Gasteiger partial charge in [0.2, 0.25) is 0 Å². The minimum Gasteiger partial charge on any atom is -1.00 e. The van der Waals surface area contributed by atoms with E-state index >= 15 is 0 Å². The second-order valence-corrected chi connectivity index (χ2v) is 1.80. The fourth-order valence-electron chi connectivity index (χ4n) is 0. The van der Waals surface area contributed by atoms with E-state index in [4.69, 9.17) is 19.2 Å². The van der Waals surface area contributed by atoms with Crippen LogP contribution in [-0.2, 0) is 0 Å². The summed E-state index contributed by atoms with van der Waals surface area (Å²) in [5, 5.41) is 0. The van der Waals surface area contributed by atoms with Crippen LogP contribution < -0.4 is 0 Å². The second kappa shape index (κ2) is 29.5. The molecule has 4 N–H and O–H groups in total. The Morgan fingerprint density at radius 1 is 0.583 bits per heavy atom. The summed E-state index contributed by atoms with van der Waals surface area (Å²) in [5.74, 6) is 0. The molecule has 0 fully saturated rings. The number of halogens is 6. The summed E-state index contributed by atoms with van der Waals surface area (Å²) in [6, 6.07) is 0. The molecule has 0 aromatic carbocycles. The second-order valence-electron chi connectivity index (χ2n) is 0.600. The monoisotopic (exact) mass is 356 g/mol. The van der Waals surface area contributed by atoms with E-state index in [-0.39, 0.29) is 80.0 Å². The predicted octanol–water partition coefficient (Wildman–Crippen LogP) is -1.85. The summed E-state index contributed by atoms with van der Waals surface area (Å²) < 4.78 is 0. The van der Waals surface area contributed by atoms with Crippen molar-refractivity contribution in [2.75, 3.05) is 0 Å². The fourth-order valence-corrected chi connectivity index (χ4v) is 0. The Hall–Kier alpha value is 1.21. The molecule has 0 aromatic rings. The molecule has 0 saturated carbocycles. The van der Waals surface area contributed by atoms with Crippen LogP contribution in [0.25, 0.3) is 0 Å². The zero-order valence-corrected chi connectivity index (χ0v) is 10.9. The molecule has 0 aliphatic heterocycles. The zero-order valence-electron chi connectivity index (χ0n) is 7.45. The summed E-state index contributed by atoms with van der Waals surface area (Å²) in [5.41, 5.74) is 0. The third-order valence-electron chi connectivity index (χ3n) is 0. The molecule has 84 valence electrons. The Morgan fingerprint density at radius 2 is 0.583 bits per heavy atom. The molecule has 0 amide bonds. The minimum absolute atomic E-state index is 0. The van der Waals surface area contributed by atoms with Gasteiger partial charge in [-0.3, -0.25) is 28.2 Å². The van der Waals surface area contributed by atoms with Crippen molar-refractivity contribution in [1.29, 1.82) is 0 Å². The molecule has 0 unspecified atom stereocenters. The van der Waals surface area contributed by atoms with E-state index in [1.165, 1.54) is 0 Å². The van der Waals surface area contributed by atoms with Gasteiger partial charge < -0.3 is 22.0 Å². The fraction of sp³-hybridized carbons (Fsp3) is 0. The van der Waals surface area contributed by atoms with E-state index in [1.807, 2.05) is 0 Å². The molecule has 4 nitrogen and oxygen atoms in total. The summed E-state index contributed by atoms with van der Waals surface area (Å²) in [4.78, 5) is 29.3. The number of hydrogen-bond acceptors (Lipinski definition) is 4. The maximum absolute atomic E-state index is 7.33. The van der Waals surface area contributed by atoms with Crippen molar-refractivity contribution < 1.29 is 50.3 Å². The van der Waals surface area contributed by atoms with Crippen LogP contribution in [-0.4, -0.2) is 77.1 Å². The molecule has 0 aliphatic rings. The number of rotatable bonds is 0. The van der Waals surface area contributed by atoms with Crippen LogP contribution >= 0.6 is 0 Å². The maximum atomic E-state index is 7.33. The van der Waals surface area contributed by atoms with Crippen LogP contribution in [0.5, 0.6) is 0 Å². The molecule has 0 bridgehead atoms. The first kappa shape index (κ1) is 72.6. The minimum atomic E-state index is -4.61. The first-order valence-electron chi connectivity index (χ1n) is 0.894. The van der Waals surface area contributed by atoms with Crippen molar-refractivity contribution in [3.63, 3.8) is 0 Å². The molecule has 0 aliphatic carbocycles. The van der Waals surface area contributed by atoms with Gasteiger partial charge in [-0.1, -0.05) is 0 Å². The van der Waals surface area contributed by atoms with E-state index in [9.17, 15) is 0 Å². The molecule has 0 radical (unpaired) electrons. The molecule has 0 rings (SSSR count). The van der Waals surface area contributed by atoms with Gasteiger partial charge in [-0.15, -0.1) is 0 Å². The molecular formula is H12BaF6O4Si. The third kappa shape index (κ3) is 800. The molecule has 0 spiro atoms. The van der Waals surface area contributed by atoms with Crippen molar-refractivity contribution in [3.05, 3.63) is 0 Å². The SMILES string of the molecule is F.F.F.F.F.F.O[Si](O)(O)O.[Ba+2].[H-].[H-]. The van der Waals surface area contributed by atoms with Crippen molar-refractivity contribution >= 4 is 57.9 Å². The molecule has 0 aromatic heterocycles. The van der Waals surface area contributed by atoms with Gasteiger partial charge in [0, 0.05) is 0 Å². The van der Waals surface area contributed by atoms with Crippen molar-refractivity contribution in [2.45, 2.75) is 0 Å². The summed E-state index contributed by atoms with van der Waals surface area (Å²) in [7, 11) is -4.61. The first-order valence-corrected chi connectivity index (χ1v) is 2.68. The Balaban J connectivity index is -0.00000000222.